The van der Waals surface area contributed by atoms with Crippen LogP contribution in [0.5, 0.6) is 0 Å². The van der Waals surface area contributed by atoms with E-state index in [0.717, 1.165) is 11.1 Å². The van der Waals surface area contributed by atoms with E-state index in [2.05, 4.69) is 10.2 Å². The molecule has 1 aliphatic rings. The molecule has 1 aromatic heterocycles. The number of morpholine rings is 1. The molecule has 0 radical (unpaired) electrons. The minimum absolute atomic E-state index is 0.173. The fraction of sp³-hybridized carbons (Fsp3) is 0.429. The van der Waals surface area contributed by atoms with Gasteiger partial charge in [-0.3, -0.25) is 0 Å². The van der Waals surface area contributed by atoms with E-state index >= 15 is 0 Å². The van der Waals surface area contributed by atoms with Crippen LogP contribution in [0.1, 0.15) is 22.2 Å². The molecule has 0 spiro atoms. The molecule has 2 heterocycles. The van der Waals surface area contributed by atoms with E-state index in [0.29, 0.717) is 31.0 Å². The monoisotopic (exact) mass is 329 g/mol. The molecule has 1 fully saturated rings. The summed E-state index contributed by atoms with van der Waals surface area (Å²) < 4.78 is 43.6. The lowest BCUT2D eigenvalue weighted by molar-refractivity contribution is -0.138. The molecule has 0 aliphatic carbocycles. The number of alkyl halides is 3. The third kappa shape index (κ3) is 3.07. The Balaban J connectivity index is 1.79. The SMILES string of the molecule is Cc1ccccc1C1CN(c2nnc(C(F)(F)F)s2)CCO1. The van der Waals surface area contributed by atoms with Crippen molar-refractivity contribution in [1.29, 1.82) is 0 Å². The van der Waals surface area contributed by atoms with E-state index < -0.39 is 11.2 Å². The molecule has 1 atom stereocenters. The highest BCUT2D eigenvalue weighted by molar-refractivity contribution is 7.15. The average molecular weight is 329 g/mol. The fourth-order valence-corrected chi connectivity index (χ4v) is 3.16. The van der Waals surface area contributed by atoms with Gasteiger partial charge in [0, 0.05) is 6.54 Å². The molecule has 118 valence electrons. The van der Waals surface area contributed by atoms with Crippen molar-refractivity contribution in [1.82, 2.24) is 10.2 Å². The zero-order valence-corrected chi connectivity index (χ0v) is 12.6. The van der Waals surface area contributed by atoms with E-state index in [9.17, 15) is 13.2 Å². The van der Waals surface area contributed by atoms with Crippen LogP contribution in [0, 0.1) is 6.92 Å². The Bertz CT molecular complexity index is 659. The van der Waals surface area contributed by atoms with Crippen LogP contribution in [0.25, 0.3) is 0 Å². The maximum atomic E-state index is 12.6. The van der Waals surface area contributed by atoms with E-state index in [1.54, 1.807) is 4.90 Å². The van der Waals surface area contributed by atoms with Gasteiger partial charge >= 0.3 is 6.18 Å². The highest BCUT2D eigenvalue weighted by atomic mass is 32.1. The third-order valence-electron chi connectivity index (χ3n) is 3.53. The number of rotatable bonds is 2. The molecular weight excluding hydrogens is 315 g/mol. The summed E-state index contributed by atoms with van der Waals surface area (Å²) in [6.45, 7) is 3.41. The van der Waals surface area contributed by atoms with Gasteiger partial charge in [-0.25, -0.2) is 0 Å². The van der Waals surface area contributed by atoms with Gasteiger partial charge in [0.1, 0.15) is 6.10 Å². The molecule has 0 N–H and O–H groups in total. The Labute approximate surface area is 129 Å². The number of anilines is 1. The number of aromatic nitrogens is 2. The quantitative estimate of drug-likeness (QED) is 0.846. The van der Waals surface area contributed by atoms with Crippen molar-refractivity contribution in [3.05, 3.63) is 40.4 Å². The Morgan fingerprint density at radius 3 is 2.73 bits per heavy atom. The Morgan fingerprint density at radius 2 is 2.05 bits per heavy atom. The van der Waals surface area contributed by atoms with Gasteiger partial charge in [-0.05, 0) is 18.1 Å². The highest BCUT2D eigenvalue weighted by Gasteiger charge is 2.36. The summed E-state index contributed by atoms with van der Waals surface area (Å²) in [5, 5.41) is 6.29. The normalized spacial score (nSPS) is 19.5. The topological polar surface area (TPSA) is 38.2 Å². The number of ether oxygens (including phenoxy) is 1. The Morgan fingerprint density at radius 1 is 1.27 bits per heavy atom. The molecule has 1 unspecified atom stereocenters. The third-order valence-corrected chi connectivity index (χ3v) is 4.56. The second-order valence-corrected chi connectivity index (χ2v) is 6.01. The van der Waals surface area contributed by atoms with Gasteiger partial charge in [-0.2, -0.15) is 13.2 Å². The van der Waals surface area contributed by atoms with Crippen molar-refractivity contribution in [2.24, 2.45) is 0 Å². The first-order chi connectivity index (χ1) is 10.4. The molecule has 0 amide bonds. The van der Waals surface area contributed by atoms with Crippen molar-refractivity contribution in [2.45, 2.75) is 19.2 Å². The lowest BCUT2D eigenvalue weighted by Crippen LogP contribution is -2.38. The molecule has 4 nitrogen and oxygen atoms in total. The van der Waals surface area contributed by atoms with Gasteiger partial charge < -0.3 is 9.64 Å². The summed E-state index contributed by atoms with van der Waals surface area (Å²) in [6, 6.07) is 7.84. The highest BCUT2D eigenvalue weighted by Crippen LogP contribution is 2.36. The molecule has 0 saturated carbocycles. The largest absolute Gasteiger partial charge is 0.445 e. The summed E-state index contributed by atoms with van der Waals surface area (Å²) in [7, 11) is 0. The first-order valence-corrected chi connectivity index (χ1v) is 7.59. The molecule has 8 heteroatoms. The van der Waals surface area contributed by atoms with E-state index in [1.807, 2.05) is 31.2 Å². The molecular formula is C14H14F3N3OS. The van der Waals surface area contributed by atoms with Crippen LogP contribution in [0.15, 0.2) is 24.3 Å². The number of hydrogen-bond acceptors (Lipinski definition) is 5. The van der Waals surface area contributed by atoms with Crippen LogP contribution in [-0.4, -0.2) is 29.9 Å². The van der Waals surface area contributed by atoms with Crippen molar-refractivity contribution in [2.75, 3.05) is 24.6 Å². The van der Waals surface area contributed by atoms with E-state index in [1.165, 1.54) is 0 Å². The fourth-order valence-electron chi connectivity index (χ4n) is 2.42. The van der Waals surface area contributed by atoms with Crippen LogP contribution in [0.4, 0.5) is 18.3 Å². The van der Waals surface area contributed by atoms with Gasteiger partial charge in [0.2, 0.25) is 10.1 Å². The predicted octanol–water partition coefficient (Wildman–Crippen LogP) is 3.44. The summed E-state index contributed by atoms with van der Waals surface area (Å²) >= 11 is 0.571. The van der Waals surface area contributed by atoms with Gasteiger partial charge in [0.05, 0.1) is 13.2 Å². The van der Waals surface area contributed by atoms with Crippen LogP contribution >= 0.6 is 11.3 Å². The number of aryl methyl sites for hydroxylation is 1. The lowest BCUT2D eigenvalue weighted by atomic mass is 10.0. The number of halogens is 3. The van der Waals surface area contributed by atoms with Crippen LogP contribution in [-0.2, 0) is 10.9 Å². The molecule has 3 rings (SSSR count). The number of benzene rings is 1. The van der Waals surface area contributed by atoms with Crippen LogP contribution in [0.3, 0.4) is 0 Å². The van der Waals surface area contributed by atoms with Crippen molar-refractivity contribution in [3.63, 3.8) is 0 Å². The van der Waals surface area contributed by atoms with E-state index in [-0.39, 0.29) is 11.2 Å². The molecule has 2 aromatic rings. The average Bonchev–Trinajstić information content (AvgIpc) is 2.98. The van der Waals surface area contributed by atoms with E-state index in [4.69, 9.17) is 4.74 Å². The van der Waals surface area contributed by atoms with Crippen LogP contribution < -0.4 is 4.90 Å². The van der Waals surface area contributed by atoms with Gasteiger partial charge in [-0.1, -0.05) is 35.6 Å². The van der Waals surface area contributed by atoms with Gasteiger partial charge in [0.25, 0.3) is 0 Å². The summed E-state index contributed by atoms with van der Waals surface area (Å²) in [4.78, 5) is 1.80. The first kappa shape index (κ1) is 15.2. The maximum absolute atomic E-state index is 12.6. The second-order valence-electron chi connectivity index (χ2n) is 5.05. The molecule has 1 saturated heterocycles. The molecule has 1 aliphatic heterocycles. The molecule has 0 bridgehead atoms. The van der Waals surface area contributed by atoms with Gasteiger partial charge in [0.15, 0.2) is 0 Å². The zero-order valence-electron chi connectivity index (χ0n) is 11.8. The first-order valence-electron chi connectivity index (χ1n) is 6.78. The Kier molecular flexibility index (Phi) is 4.05. The summed E-state index contributed by atoms with van der Waals surface area (Å²) in [6.07, 6.45) is -4.62. The minimum atomic E-state index is -4.45. The predicted molar refractivity (Wildman–Crippen MR) is 77.0 cm³/mol. The maximum Gasteiger partial charge on any atom is 0.445 e. The summed E-state index contributed by atoms with van der Waals surface area (Å²) in [5.74, 6) is 0. The summed E-state index contributed by atoms with van der Waals surface area (Å²) in [5.41, 5.74) is 2.15. The standard InChI is InChI=1S/C14H14F3N3OS/c1-9-4-2-3-5-10(9)11-8-20(6-7-21-11)13-19-18-12(22-13)14(15,16)17/h2-5,11H,6-8H2,1H3. The van der Waals surface area contributed by atoms with Gasteiger partial charge in [-0.15, -0.1) is 10.2 Å². The number of hydrogen-bond donors (Lipinski definition) is 0. The van der Waals surface area contributed by atoms with Crippen LogP contribution in [0.2, 0.25) is 0 Å². The minimum Gasteiger partial charge on any atom is -0.370 e. The smallest absolute Gasteiger partial charge is 0.370 e. The van der Waals surface area contributed by atoms with Crippen molar-refractivity contribution >= 4 is 16.5 Å². The van der Waals surface area contributed by atoms with Crippen molar-refractivity contribution in [3.8, 4) is 0 Å². The zero-order chi connectivity index (χ0) is 15.7. The second kappa shape index (κ2) is 5.85. The molecule has 1 aromatic carbocycles. The lowest BCUT2D eigenvalue weighted by Gasteiger charge is -2.33. The van der Waals surface area contributed by atoms with Crippen molar-refractivity contribution < 1.29 is 17.9 Å². The Hall–Kier alpha value is -1.67. The molecule has 22 heavy (non-hydrogen) atoms. The number of nitrogens with zero attached hydrogens (tertiary/aromatic N) is 3.